The SMILES string of the molecule is CC(C)(C)c1sc2c(NC[C@@H](N)Cc3ccccc3)nc(-c3ccncc3)nc2c1Br. The summed E-state index contributed by atoms with van der Waals surface area (Å²) in [4.78, 5) is 15.1. The molecule has 4 aromatic rings. The highest BCUT2D eigenvalue weighted by molar-refractivity contribution is 9.10. The minimum absolute atomic E-state index is 0.00200. The zero-order valence-electron chi connectivity index (χ0n) is 17.9. The first-order chi connectivity index (χ1) is 14.8. The molecule has 0 aliphatic carbocycles. The maximum absolute atomic E-state index is 6.43. The third-order valence-electron chi connectivity index (χ3n) is 4.97. The van der Waals surface area contributed by atoms with Crippen LogP contribution in [0.3, 0.4) is 0 Å². The topological polar surface area (TPSA) is 76.7 Å². The molecule has 0 fully saturated rings. The summed E-state index contributed by atoms with van der Waals surface area (Å²) in [6.45, 7) is 7.25. The fourth-order valence-electron chi connectivity index (χ4n) is 3.40. The fraction of sp³-hybridized carbons (Fsp3) is 0.292. The molecular formula is C24H26BrN5S. The van der Waals surface area contributed by atoms with E-state index < -0.39 is 0 Å². The molecule has 3 N–H and O–H groups in total. The first kappa shape index (κ1) is 21.9. The van der Waals surface area contributed by atoms with Crippen LogP contribution in [0.1, 0.15) is 31.2 Å². The monoisotopic (exact) mass is 495 g/mol. The number of hydrogen-bond acceptors (Lipinski definition) is 6. The zero-order chi connectivity index (χ0) is 22.0. The van der Waals surface area contributed by atoms with Crippen molar-refractivity contribution in [1.82, 2.24) is 15.0 Å². The van der Waals surface area contributed by atoms with Crippen molar-refractivity contribution in [3.8, 4) is 11.4 Å². The number of nitrogens with zero attached hydrogens (tertiary/aromatic N) is 3. The number of aromatic nitrogens is 3. The summed E-state index contributed by atoms with van der Waals surface area (Å²) in [6.07, 6.45) is 4.32. The predicted molar refractivity (Wildman–Crippen MR) is 134 cm³/mol. The second-order valence-electron chi connectivity index (χ2n) is 8.64. The molecule has 0 saturated carbocycles. The van der Waals surface area contributed by atoms with Crippen LogP contribution in [-0.4, -0.2) is 27.5 Å². The Hall–Kier alpha value is -2.35. The van der Waals surface area contributed by atoms with Crippen LogP contribution in [0.25, 0.3) is 21.6 Å². The molecule has 1 aromatic carbocycles. The molecule has 0 radical (unpaired) electrons. The first-order valence-corrected chi connectivity index (χ1v) is 11.9. The molecule has 0 aliphatic rings. The van der Waals surface area contributed by atoms with Crippen molar-refractivity contribution in [2.75, 3.05) is 11.9 Å². The molecule has 3 aromatic heterocycles. The van der Waals surface area contributed by atoms with E-state index in [9.17, 15) is 0 Å². The van der Waals surface area contributed by atoms with Crippen molar-refractivity contribution in [3.63, 3.8) is 0 Å². The first-order valence-electron chi connectivity index (χ1n) is 10.3. The molecule has 4 rings (SSSR count). The van der Waals surface area contributed by atoms with Gasteiger partial charge < -0.3 is 11.1 Å². The summed E-state index contributed by atoms with van der Waals surface area (Å²) in [5, 5.41) is 3.51. The highest BCUT2D eigenvalue weighted by atomic mass is 79.9. The van der Waals surface area contributed by atoms with Crippen LogP contribution < -0.4 is 11.1 Å². The van der Waals surface area contributed by atoms with E-state index in [4.69, 9.17) is 15.7 Å². The Morgan fingerprint density at radius 2 is 1.77 bits per heavy atom. The number of pyridine rings is 1. The van der Waals surface area contributed by atoms with Crippen LogP contribution in [0.5, 0.6) is 0 Å². The van der Waals surface area contributed by atoms with Gasteiger partial charge in [0.25, 0.3) is 0 Å². The van der Waals surface area contributed by atoms with Gasteiger partial charge in [-0.05, 0) is 45.5 Å². The van der Waals surface area contributed by atoms with Gasteiger partial charge in [0.05, 0.1) is 9.17 Å². The number of nitrogens with two attached hydrogens (primary N) is 1. The van der Waals surface area contributed by atoms with Crippen molar-refractivity contribution in [3.05, 3.63) is 69.8 Å². The Kier molecular flexibility index (Phi) is 6.36. The van der Waals surface area contributed by atoms with Crippen LogP contribution in [0.15, 0.2) is 59.3 Å². The lowest BCUT2D eigenvalue weighted by Gasteiger charge is -2.16. The van der Waals surface area contributed by atoms with Crippen LogP contribution in [0, 0.1) is 0 Å². The fourth-order valence-corrected chi connectivity index (χ4v) is 5.81. The number of benzene rings is 1. The highest BCUT2D eigenvalue weighted by Crippen LogP contribution is 2.44. The molecule has 31 heavy (non-hydrogen) atoms. The molecule has 0 amide bonds. The number of fused-ring (bicyclic) bond motifs is 1. The molecule has 5 nitrogen and oxygen atoms in total. The Morgan fingerprint density at radius 3 is 2.45 bits per heavy atom. The molecule has 0 bridgehead atoms. The molecule has 0 spiro atoms. The van der Waals surface area contributed by atoms with E-state index in [1.807, 2.05) is 30.3 Å². The minimum atomic E-state index is -0.0257. The van der Waals surface area contributed by atoms with Crippen molar-refractivity contribution in [2.24, 2.45) is 5.73 Å². The molecule has 0 aliphatic heterocycles. The lowest BCUT2D eigenvalue weighted by Crippen LogP contribution is -2.31. The molecule has 0 unspecified atom stereocenters. The Bertz CT molecular complexity index is 1170. The smallest absolute Gasteiger partial charge is 0.162 e. The van der Waals surface area contributed by atoms with E-state index in [1.165, 1.54) is 10.4 Å². The van der Waals surface area contributed by atoms with Gasteiger partial charge in [0.1, 0.15) is 11.3 Å². The van der Waals surface area contributed by atoms with Gasteiger partial charge in [-0.1, -0.05) is 51.1 Å². The summed E-state index contributed by atoms with van der Waals surface area (Å²) in [6, 6.07) is 14.2. The number of halogens is 1. The number of nitrogens with one attached hydrogen (secondary N) is 1. The number of hydrogen-bond donors (Lipinski definition) is 2. The van der Waals surface area contributed by atoms with E-state index in [-0.39, 0.29) is 11.5 Å². The Balaban J connectivity index is 1.70. The molecule has 0 saturated heterocycles. The van der Waals surface area contributed by atoms with E-state index in [2.05, 4.69) is 59.1 Å². The summed E-state index contributed by atoms with van der Waals surface area (Å²) in [7, 11) is 0. The van der Waals surface area contributed by atoms with Gasteiger partial charge in [-0.3, -0.25) is 4.98 Å². The quantitative estimate of drug-likeness (QED) is 0.353. The number of thiophene rings is 1. The van der Waals surface area contributed by atoms with E-state index >= 15 is 0 Å². The molecular weight excluding hydrogens is 470 g/mol. The summed E-state index contributed by atoms with van der Waals surface area (Å²) < 4.78 is 2.08. The second-order valence-corrected chi connectivity index (χ2v) is 10.4. The number of anilines is 1. The minimum Gasteiger partial charge on any atom is -0.367 e. The molecule has 7 heteroatoms. The Labute approximate surface area is 195 Å². The van der Waals surface area contributed by atoms with E-state index in [1.54, 1.807) is 23.7 Å². The van der Waals surface area contributed by atoms with Gasteiger partial charge in [-0.25, -0.2) is 9.97 Å². The summed E-state index contributed by atoms with van der Waals surface area (Å²) >= 11 is 5.54. The lowest BCUT2D eigenvalue weighted by molar-refractivity contribution is 0.601. The standard InChI is InChI=1S/C24H26BrN5S/c1-24(2,3)21-18(25)19-20(31-21)23(30-22(29-19)16-9-11-27-12-10-16)28-14-17(26)13-15-7-5-4-6-8-15/h4-12,17H,13-14,26H2,1-3H3,(H,28,29,30)/t17-/m0/s1. The van der Waals surface area contributed by atoms with Crippen molar-refractivity contribution < 1.29 is 0 Å². The van der Waals surface area contributed by atoms with Crippen LogP contribution in [0.4, 0.5) is 5.82 Å². The molecule has 1 atom stereocenters. The van der Waals surface area contributed by atoms with Gasteiger partial charge in [0, 0.05) is 35.4 Å². The molecule has 3 heterocycles. The largest absolute Gasteiger partial charge is 0.367 e. The number of rotatable bonds is 6. The summed E-state index contributed by atoms with van der Waals surface area (Å²) in [5.41, 5.74) is 9.53. The lowest BCUT2D eigenvalue weighted by atomic mass is 9.95. The predicted octanol–water partition coefficient (Wildman–Crippen LogP) is 5.80. The van der Waals surface area contributed by atoms with Gasteiger partial charge in [0.2, 0.25) is 0 Å². The third-order valence-corrected chi connectivity index (χ3v) is 7.62. The molecule has 160 valence electrons. The zero-order valence-corrected chi connectivity index (χ0v) is 20.3. The van der Waals surface area contributed by atoms with Crippen molar-refractivity contribution in [1.29, 1.82) is 0 Å². The van der Waals surface area contributed by atoms with Crippen molar-refractivity contribution >= 4 is 43.3 Å². The average Bonchev–Trinajstić information content (AvgIpc) is 3.10. The highest BCUT2D eigenvalue weighted by Gasteiger charge is 2.25. The van der Waals surface area contributed by atoms with E-state index in [0.29, 0.717) is 12.4 Å². The third kappa shape index (κ3) is 4.95. The normalized spacial score (nSPS) is 12.8. The second kappa shape index (κ2) is 9.02. The van der Waals surface area contributed by atoms with Crippen LogP contribution in [0.2, 0.25) is 0 Å². The van der Waals surface area contributed by atoms with Crippen LogP contribution in [-0.2, 0) is 11.8 Å². The summed E-state index contributed by atoms with van der Waals surface area (Å²) in [5.74, 6) is 1.49. The van der Waals surface area contributed by atoms with Crippen LogP contribution >= 0.6 is 27.3 Å². The van der Waals surface area contributed by atoms with E-state index in [0.717, 1.165) is 32.5 Å². The van der Waals surface area contributed by atoms with Gasteiger partial charge >= 0.3 is 0 Å². The van der Waals surface area contributed by atoms with Gasteiger partial charge in [-0.15, -0.1) is 11.3 Å². The Morgan fingerprint density at radius 1 is 1.06 bits per heavy atom. The maximum atomic E-state index is 6.43. The van der Waals surface area contributed by atoms with Gasteiger partial charge in [0.15, 0.2) is 5.82 Å². The van der Waals surface area contributed by atoms with Gasteiger partial charge in [-0.2, -0.15) is 0 Å². The maximum Gasteiger partial charge on any atom is 0.162 e. The average molecular weight is 496 g/mol. The van der Waals surface area contributed by atoms with Crippen molar-refractivity contribution in [2.45, 2.75) is 38.6 Å².